The summed E-state index contributed by atoms with van der Waals surface area (Å²) >= 11 is 0. The predicted molar refractivity (Wildman–Crippen MR) is 102 cm³/mol. The summed E-state index contributed by atoms with van der Waals surface area (Å²) in [6.07, 6.45) is 0. The average molecular weight is 326 g/mol. The van der Waals surface area contributed by atoms with Crippen LogP contribution in [0.2, 0.25) is 0 Å². The second-order valence-electron chi connectivity index (χ2n) is 5.92. The molecule has 1 heterocycles. The van der Waals surface area contributed by atoms with Crippen LogP contribution in [0.25, 0.3) is 33.5 Å². The summed E-state index contributed by atoms with van der Waals surface area (Å²) in [7, 11) is 1.68. The van der Waals surface area contributed by atoms with Crippen LogP contribution in [0.5, 0.6) is 5.75 Å². The molecule has 0 aliphatic heterocycles. The number of rotatable bonds is 3. The minimum absolute atomic E-state index is 0.793. The number of aryl methyl sites for hydroxylation is 1. The van der Waals surface area contributed by atoms with Gasteiger partial charge in [-0.15, -0.1) is 0 Å². The molecular weight excluding hydrogens is 308 g/mol. The number of ether oxygens (including phenoxy) is 1. The van der Waals surface area contributed by atoms with Gasteiger partial charge in [0, 0.05) is 11.1 Å². The minimum Gasteiger partial charge on any atom is -0.496 e. The van der Waals surface area contributed by atoms with E-state index in [9.17, 15) is 0 Å². The van der Waals surface area contributed by atoms with Crippen LogP contribution in [-0.2, 0) is 0 Å². The highest BCUT2D eigenvalue weighted by molar-refractivity contribution is 5.88. The molecule has 0 fully saturated rings. The molecule has 4 rings (SSSR count). The molecule has 3 aromatic carbocycles. The first kappa shape index (κ1) is 15.3. The fourth-order valence-electron chi connectivity index (χ4n) is 3.05. The van der Waals surface area contributed by atoms with Gasteiger partial charge in [0.05, 0.1) is 23.8 Å². The van der Waals surface area contributed by atoms with E-state index in [0.29, 0.717) is 0 Å². The number of hydrogen-bond donors (Lipinski definition) is 0. The van der Waals surface area contributed by atoms with Crippen LogP contribution in [0.3, 0.4) is 0 Å². The molecule has 0 atom stereocenters. The van der Waals surface area contributed by atoms with Crippen molar-refractivity contribution in [2.75, 3.05) is 7.11 Å². The Hall–Kier alpha value is -3.20. The lowest BCUT2D eigenvalue weighted by Gasteiger charge is -2.14. The van der Waals surface area contributed by atoms with Crippen molar-refractivity contribution >= 4 is 11.0 Å². The Kier molecular flexibility index (Phi) is 3.90. The van der Waals surface area contributed by atoms with Crippen LogP contribution in [0, 0.1) is 6.92 Å². The molecule has 25 heavy (non-hydrogen) atoms. The third kappa shape index (κ3) is 2.74. The van der Waals surface area contributed by atoms with Crippen molar-refractivity contribution in [3.8, 4) is 28.3 Å². The minimum atomic E-state index is 0.793. The topological polar surface area (TPSA) is 35.0 Å². The SMILES string of the molecule is COc1ccccc1-c1nc2ccccc2nc1-c1ccccc1C. The second kappa shape index (κ2) is 6.36. The van der Waals surface area contributed by atoms with E-state index in [-0.39, 0.29) is 0 Å². The third-order valence-electron chi connectivity index (χ3n) is 4.33. The zero-order valence-corrected chi connectivity index (χ0v) is 14.2. The third-order valence-corrected chi connectivity index (χ3v) is 4.33. The van der Waals surface area contributed by atoms with E-state index in [1.807, 2.05) is 60.7 Å². The maximum absolute atomic E-state index is 5.57. The van der Waals surface area contributed by atoms with Crippen LogP contribution in [-0.4, -0.2) is 17.1 Å². The molecule has 1 aromatic heterocycles. The molecule has 0 N–H and O–H groups in total. The zero-order chi connectivity index (χ0) is 17.2. The summed E-state index contributed by atoms with van der Waals surface area (Å²) in [6.45, 7) is 2.10. The van der Waals surface area contributed by atoms with E-state index in [1.165, 1.54) is 5.56 Å². The molecule has 0 radical (unpaired) electrons. The lowest BCUT2D eigenvalue weighted by Crippen LogP contribution is -1.98. The number of aromatic nitrogens is 2. The highest BCUT2D eigenvalue weighted by Crippen LogP contribution is 2.36. The van der Waals surface area contributed by atoms with Gasteiger partial charge >= 0.3 is 0 Å². The van der Waals surface area contributed by atoms with E-state index in [0.717, 1.165) is 39.3 Å². The molecule has 0 saturated carbocycles. The molecule has 0 amide bonds. The largest absolute Gasteiger partial charge is 0.496 e. The molecule has 3 nitrogen and oxygen atoms in total. The Morgan fingerprint density at radius 3 is 1.80 bits per heavy atom. The van der Waals surface area contributed by atoms with E-state index >= 15 is 0 Å². The average Bonchev–Trinajstić information content (AvgIpc) is 2.67. The molecule has 0 aliphatic rings. The number of hydrogen-bond acceptors (Lipinski definition) is 3. The first-order chi connectivity index (χ1) is 12.3. The van der Waals surface area contributed by atoms with E-state index in [2.05, 4.69) is 19.1 Å². The van der Waals surface area contributed by atoms with Gasteiger partial charge in [-0.05, 0) is 36.8 Å². The van der Waals surface area contributed by atoms with Gasteiger partial charge in [0.25, 0.3) is 0 Å². The highest BCUT2D eigenvalue weighted by Gasteiger charge is 2.17. The van der Waals surface area contributed by atoms with Gasteiger partial charge in [-0.1, -0.05) is 48.5 Å². The summed E-state index contributed by atoms with van der Waals surface area (Å²) in [5.74, 6) is 0.793. The molecule has 0 spiro atoms. The van der Waals surface area contributed by atoms with Crippen molar-refractivity contribution in [1.82, 2.24) is 9.97 Å². The smallest absolute Gasteiger partial charge is 0.128 e. The lowest BCUT2D eigenvalue weighted by atomic mass is 9.99. The van der Waals surface area contributed by atoms with Crippen LogP contribution in [0.15, 0.2) is 72.8 Å². The lowest BCUT2D eigenvalue weighted by molar-refractivity contribution is 0.416. The van der Waals surface area contributed by atoms with E-state index in [1.54, 1.807) is 7.11 Å². The zero-order valence-electron chi connectivity index (χ0n) is 14.2. The molecule has 0 saturated heterocycles. The van der Waals surface area contributed by atoms with E-state index in [4.69, 9.17) is 14.7 Å². The number of benzene rings is 3. The summed E-state index contributed by atoms with van der Waals surface area (Å²) in [4.78, 5) is 9.87. The second-order valence-corrected chi connectivity index (χ2v) is 5.92. The Morgan fingerprint density at radius 2 is 1.16 bits per heavy atom. The number of methoxy groups -OCH3 is 1. The number of para-hydroxylation sites is 3. The Morgan fingerprint density at radius 1 is 0.640 bits per heavy atom. The molecule has 0 bridgehead atoms. The van der Waals surface area contributed by atoms with Gasteiger partial charge in [-0.2, -0.15) is 0 Å². The Balaban J connectivity index is 2.08. The number of fused-ring (bicyclic) bond motifs is 1. The van der Waals surface area contributed by atoms with Gasteiger partial charge in [-0.25, -0.2) is 9.97 Å². The first-order valence-corrected chi connectivity index (χ1v) is 8.24. The summed E-state index contributed by atoms with van der Waals surface area (Å²) in [6, 6.07) is 24.2. The summed E-state index contributed by atoms with van der Waals surface area (Å²) in [5, 5.41) is 0. The standard InChI is InChI=1S/C22H18N2O/c1-15-9-3-4-10-16(15)21-22(17-11-5-8-14-20(17)25-2)24-19-13-7-6-12-18(19)23-21/h3-14H,1-2H3. The van der Waals surface area contributed by atoms with Crippen molar-refractivity contribution in [2.24, 2.45) is 0 Å². The molecule has 122 valence electrons. The van der Waals surface area contributed by atoms with Crippen molar-refractivity contribution in [2.45, 2.75) is 6.92 Å². The van der Waals surface area contributed by atoms with Crippen LogP contribution in [0.1, 0.15) is 5.56 Å². The monoisotopic (exact) mass is 326 g/mol. The first-order valence-electron chi connectivity index (χ1n) is 8.24. The van der Waals surface area contributed by atoms with Gasteiger partial charge < -0.3 is 4.74 Å². The molecule has 0 aliphatic carbocycles. The molecule has 3 heteroatoms. The van der Waals surface area contributed by atoms with Crippen molar-refractivity contribution in [1.29, 1.82) is 0 Å². The quantitative estimate of drug-likeness (QED) is 0.514. The Labute approximate surface area is 147 Å². The summed E-state index contributed by atoms with van der Waals surface area (Å²) < 4.78 is 5.57. The normalized spacial score (nSPS) is 10.8. The van der Waals surface area contributed by atoms with Crippen LogP contribution >= 0.6 is 0 Å². The van der Waals surface area contributed by atoms with Crippen molar-refractivity contribution in [3.63, 3.8) is 0 Å². The fourth-order valence-corrected chi connectivity index (χ4v) is 3.05. The molecular formula is C22H18N2O. The fraction of sp³-hybridized carbons (Fsp3) is 0.0909. The Bertz CT molecular complexity index is 1060. The molecule has 4 aromatic rings. The van der Waals surface area contributed by atoms with Gasteiger partial charge in [-0.3, -0.25) is 0 Å². The van der Waals surface area contributed by atoms with Crippen LogP contribution in [0.4, 0.5) is 0 Å². The highest BCUT2D eigenvalue weighted by atomic mass is 16.5. The van der Waals surface area contributed by atoms with Gasteiger partial charge in [0.15, 0.2) is 0 Å². The number of nitrogens with zero attached hydrogens (tertiary/aromatic N) is 2. The van der Waals surface area contributed by atoms with Gasteiger partial charge in [0.2, 0.25) is 0 Å². The van der Waals surface area contributed by atoms with Crippen molar-refractivity contribution < 1.29 is 4.74 Å². The van der Waals surface area contributed by atoms with Gasteiger partial charge in [0.1, 0.15) is 11.4 Å². The maximum Gasteiger partial charge on any atom is 0.128 e. The maximum atomic E-state index is 5.57. The van der Waals surface area contributed by atoms with Crippen molar-refractivity contribution in [3.05, 3.63) is 78.4 Å². The molecule has 0 unspecified atom stereocenters. The summed E-state index contributed by atoms with van der Waals surface area (Å²) in [5.41, 5.74) is 6.68. The predicted octanol–water partition coefficient (Wildman–Crippen LogP) is 5.28. The van der Waals surface area contributed by atoms with Crippen LogP contribution < -0.4 is 4.74 Å². The van der Waals surface area contributed by atoms with E-state index < -0.39 is 0 Å².